The Bertz CT molecular complexity index is 581. The van der Waals surface area contributed by atoms with Crippen LogP contribution < -0.4 is 21.7 Å². The topological polar surface area (TPSA) is 171 Å². The Labute approximate surface area is 172 Å². The van der Waals surface area contributed by atoms with Crippen molar-refractivity contribution in [2.24, 2.45) is 23.5 Å². The summed E-state index contributed by atoms with van der Waals surface area (Å²) in [6.07, 6.45) is 0.558. The highest BCUT2D eigenvalue weighted by atomic mass is 16.4. The Balaban J connectivity index is 5.37. The van der Waals surface area contributed by atoms with Gasteiger partial charge in [0, 0.05) is 0 Å². The molecule has 0 aliphatic rings. The van der Waals surface area contributed by atoms with E-state index in [0.717, 1.165) is 0 Å². The Kier molecular flexibility index (Phi) is 11.4. The number of nitrogens with one attached hydrogen (secondary N) is 3. The summed E-state index contributed by atoms with van der Waals surface area (Å²) in [6, 6.07) is -4.20. The number of amides is 3. The largest absolute Gasteiger partial charge is 0.480 e. The number of aliphatic hydroxyl groups is 1. The Morgan fingerprint density at radius 1 is 0.793 bits per heavy atom. The standard InChI is InChI=1S/C19H36N4O6/c1-7-11(6)15(19(28)29)23-18(27)14(10(4)5)22-17(26)13(9(2)3)21-16(25)12(20)8-24/h9-15,24H,7-8,20H2,1-6H3,(H,21,25)(H,22,26)(H,23,27)(H,28,29). The van der Waals surface area contributed by atoms with Crippen LogP contribution in [0.3, 0.4) is 0 Å². The van der Waals surface area contributed by atoms with Crippen LogP contribution in [0.5, 0.6) is 0 Å². The number of carbonyl (C=O) groups excluding carboxylic acids is 3. The van der Waals surface area contributed by atoms with E-state index in [1.807, 2.05) is 6.92 Å². The molecule has 0 radical (unpaired) electrons. The molecule has 7 N–H and O–H groups in total. The molecule has 0 aromatic carbocycles. The maximum atomic E-state index is 12.7. The van der Waals surface area contributed by atoms with Gasteiger partial charge in [-0.1, -0.05) is 48.0 Å². The van der Waals surface area contributed by atoms with E-state index in [2.05, 4.69) is 16.0 Å². The zero-order chi connectivity index (χ0) is 22.9. The highest BCUT2D eigenvalue weighted by molar-refractivity contribution is 5.94. The van der Waals surface area contributed by atoms with Crippen molar-refractivity contribution in [2.75, 3.05) is 6.61 Å². The number of hydrogen-bond acceptors (Lipinski definition) is 6. The van der Waals surface area contributed by atoms with Gasteiger partial charge >= 0.3 is 5.97 Å². The van der Waals surface area contributed by atoms with Gasteiger partial charge < -0.3 is 31.9 Å². The third-order valence-electron chi connectivity index (χ3n) is 4.80. The molecular weight excluding hydrogens is 380 g/mol. The van der Waals surface area contributed by atoms with Gasteiger partial charge in [-0.3, -0.25) is 14.4 Å². The normalized spacial score (nSPS) is 16.5. The van der Waals surface area contributed by atoms with Gasteiger partial charge in [0.15, 0.2) is 0 Å². The predicted octanol–water partition coefficient (Wildman–Crippen LogP) is -0.797. The molecule has 0 aliphatic carbocycles. The number of rotatable bonds is 12. The first kappa shape index (κ1) is 26.8. The van der Waals surface area contributed by atoms with E-state index in [0.29, 0.717) is 6.42 Å². The molecule has 168 valence electrons. The third-order valence-corrected chi connectivity index (χ3v) is 4.80. The lowest BCUT2D eigenvalue weighted by molar-refractivity contribution is -0.144. The summed E-state index contributed by atoms with van der Waals surface area (Å²) in [4.78, 5) is 48.9. The van der Waals surface area contributed by atoms with Crippen LogP contribution >= 0.6 is 0 Å². The number of aliphatic carboxylic acids is 1. The van der Waals surface area contributed by atoms with Crippen LogP contribution in [-0.2, 0) is 19.2 Å². The summed E-state index contributed by atoms with van der Waals surface area (Å²) in [7, 11) is 0. The first-order valence-corrected chi connectivity index (χ1v) is 9.87. The molecule has 0 rings (SSSR count). The number of hydrogen-bond donors (Lipinski definition) is 6. The zero-order valence-electron chi connectivity index (χ0n) is 18.1. The molecule has 29 heavy (non-hydrogen) atoms. The quantitative estimate of drug-likeness (QED) is 0.242. The fraction of sp³-hybridized carbons (Fsp3) is 0.789. The molecular formula is C19H36N4O6. The Morgan fingerprint density at radius 2 is 1.17 bits per heavy atom. The predicted molar refractivity (Wildman–Crippen MR) is 108 cm³/mol. The first-order valence-electron chi connectivity index (χ1n) is 9.87. The highest BCUT2D eigenvalue weighted by Gasteiger charge is 2.34. The lowest BCUT2D eigenvalue weighted by Crippen LogP contribution is -2.60. The van der Waals surface area contributed by atoms with E-state index < -0.39 is 54.5 Å². The lowest BCUT2D eigenvalue weighted by atomic mass is 9.96. The summed E-state index contributed by atoms with van der Waals surface area (Å²) in [6.45, 7) is 9.83. The number of carboxylic acid groups (broad SMARTS) is 1. The summed E-state index contributed by atoms with van der Waals surface area (Å²) >= 11 is 0. The molecule has 0 aromatic heterocycles. The van der Waals surface area contributed by atoms with Gasteiger partial charge in [-0.25, -0.2) is 4.79 Å². The fourth-order valence-electron chi connectivity index (χ4n) is 2.58. The fourth-order valence-corrected chi connectivity index (χ4v) is 2.58. The lowest BCUT2D eigenvalue weighted by Gasteiger charge is -2.29. The average molecular weight is 417 g/mol. The Morgan fingerprint density at radius 3 is 1.48 bits per heavy atom. The number of carboxylic acids is 1. The summed E-state index contributed by atoms with van der Waals surface area (Å²) in [5.41, 5.74) is 5.47. The van der Waals surface area contributed by atoms with Gasteiger partial charge in [-0.2, -0.15) is 0 Å². The molecule has 5 unspecified atom stereocenters. The minimum Gasteiger partial charge on any atom is -0.480 e. The molecule has 0 spiro atoms. The van der Waals surface area contributed by atoms with Crippen LogP contribution in [0.2, 0.25) is 0 Å². The van der Waals surface area contributed by atoms with E-state index in [9.17, 15) is 24.3 Å². The van der Waals surface area contributed by atoms with Crippen LogP contribution in [-0.4, -0.2) is 64.7 Å². The van der Waals surface area contributed by atoms with Crippen molar-refractivity contribution in [1.29, 1.82) is 0 Å². The molecule has 0 bridgehead atoms. The number of aliphatic hydroxyl groups excluding tert-OH is 1. The van der Waals surface area contributed by atoms with Crippen LogP contribution in [0, 0.1) is 17.8 Å². The van der Waals surface area contributed by atoms with Crippen molar-refractivity contribution < 1.29 is 29.4 Å². The first-order chi connectivity index (χ1) is 13.4. The molecule has 3 amide bonds. The van der Waals surface area contributed by atoms with Crippen LogP contribution in [0.15, 0.2) is 0 Å². The summed E-state index contributed by atoms with van der Waals surface area (Å²) in [5.74, 6) is -3.96. The zero-order valence-corrected chi connectivity index (χ0v) is 18.1. The second-order valence-corrected chi connectivity index (χ2v) is 7.96. The van der Waals surface area contributed by atoms with Crippen molar-refractivity contribution in [3.63, 3.8) is 0 Å². The van der Waals surface area contributed by atoms with Crippen LogP contribution in [0.4, 0.5) is 0 Å². The molecule has 0 fully saturated rings. The minimum atomic E-state index is -1.17. The van der Waals surface area contributed by atoms with Gasteiger partial charge in [0.05, 0.1) is 6.61 Å². The van der Waals surface area contributed by atoms with E-state index in [4.69, 9.17) is 10.8 Å². The number of carbonyl (C=O) groups is 4. The van der Waals surface area contributed by atoms with Crippen molar-refractivity contribution in [2.45, 2.75) is 72.1 Å². The molecule has 10 heteroatoms. The third kappa shape index (κ3) is 8.36. The van der Waals surface area contributed by atoms with E-state index >= 15 is 0 Å². The summed E-state index contributed by atoms with van der Waals surface area (Å²) in [5, 5.41) is 25.9. The van der Waals surface area contributed by atoms with Gasteiger partial charge in [-0.15, -0.1) is 0 Å². The van der Waals surface area contributed by atoms with E-state index in [1.165, 1.54) is 0 Å². The Hall–Kier alpha value is -2.20. The molecule has 10 nitrogen and oxygen atoms in total. The minimum absolute atomic E-state index is 0.289. The second-order valence-electron chi connectivity index (χ2n) is 7.96. The highest BCUT2D eigenvalue weighted by Crippen LogP contribution is 2.11. The maximum Gasteiger partial charge on any atom is 0.326 e. The smallest absolute Gasteiger partial charge is 0.326 e. The molecule has 0 aliphatic heterocycles. The molecule has 0 aromatic rings. The van der Waals surface area contributed by atoms with Gasteiger partial charge in [0.2, 0.25) is 17.7 Å². The molecule has 0 heterocycles. The van der Waals surface area contributed by atoms with E-state index in [1.54, 1.807) is 34.6 Å². The SMILES string of the molecule is CCC(C)C(NC(=O)C(NC(=O)C(NC(=O)C(N)CO)C(C)C)C(C)C)C(=O)O. The van der Waals surface area contributed by atoms with Crippen molar-refractivity contribution in [1.82, 2.24) is 16.0 Å². The number of nitrogens with two attached hydrogens (primary N) is 1. The molecule has 0 saturated heterocycles. The van der Waals surface area contributed by atoms with Crippen molar-refractivity contribution in [3.8, 4) is 0 Å². The molecule has 0 saturated carbocycles. The second kappa shape index (κ2) is 12.4. The van der Waals surface area contributed by atoms with Gasteiger partial charge in [-0.05, 0) is 17.8 Å². The van der Waals surface area contributed by atoms with Gasteiger partial charge in [0.1, 0.15) is 24.2 Å². The van der Waals surface area contributed by atoms with E-state index in [-0.39, 0.29) is 17.8 Å². The monoisotopic (exact) mass is 416 g/mol. The molecule has 5 atom stereocenters. The van der Waals surface area contributed by atoms with Crippen molar-refractivity contribution >= 4 is 23.7 Å². The van der Waals surface area contributed by atoms with Crippen LogP contribution in [0.25, 0.3) is 0 Å². The summed E-state index contributed by atoms with van der Waals surface area (Å²) < 4.78 is 0. The average Bonchev–Trinajstić information content (AvgIpc) is 2.65. The van der Waals surface area contributed by atoms with Crippen molar-refractivity contribution in [3.05, 3.63) is 0 Å². The van der Waals surface area contributed by atoms with Crippen LogP contribution in [0.1, 0.15) is 48.0 Å². The maximum absolute atomic E-state index is 12.7. The van der Waals surface area contributed by atoms with Gasteiger partial charge in [0.25, 0.3) is 0 Å².